The second kappa shape index (κ2) is 5.66. The summed E-state index contributed by atoms with van der Waals surface area (Å²) in [6, 6.07) is 8.22. The van der Waals surface area contributed by atoms with Crippen LogP contribution in [0.25, 0.3) is 6.08 Å². The minimum atomic E-state index is -0.995. The van der Waals surface area contributed by atoms with Crippen molar-refractivity contribution < 1.29 is 13.9 Å². The smallest absolute Gasteiger partial charge is 0.367 e. The zero-order valence-corrected chi connectivity index (χ0v) is 8.74. The third-order valence-corrected chi connectivity index (χ3v) is 1.78. The van der Waals surface area contributed by atoms with Gasteiger partial charge in [-0.2, -0.15) is 9.65 Å². The molecule has 3 nitrogen and oxygen atoms in total. The zero-order valence-electron chi connectivity index (χ0n) is 8.74. The summed E-state index contributed by atoms with van der Waals surface area (Å²) in [5, 5.41) is 8.63. The Balaban J connectivity index is 2.90. The Labute approximate surface area is 92.8 Å². The number of halogens is 1. The summed E-state index contributed by atoms with van der Waals surface area (Å²) in [6.45, 7) is 1.72. The van der Waals surface area contributed by atoms with Gasteiger partial charge in [0, 0.05) is 0 Å². The molecule has 1 rings (SSSR count). The molecular formula is C12H10FNO2. The molecule has 0 aliphatic heterocycles. The first-order valence-electron chi connectivity index (χ1n) is 4.72. The summed E-state index contributed by atoms with van der Waals surface area (Å²) in [6.07, 6.45) is 1.04. The van der Waals surface area contributed by atoms with Gasteiger partial charge in [-0.25, -0.2) is 4.79 Å². The quantitative estimate of drug-likeness (QED) is 0.579. The molecule has 4 heteroatoms. The minimum absolute atomic E-state index is 0.123. The summed E-state index contributed by atoms with van der Waals surface area (Å²) < 4.78 is 17.7. The monoisotopic (exact) mass is 219 g/mol. The van der Waals surface area contributed by atoms with Crippen molar-refractivity contribution in [2.45, 2.75) is 6.92 Å². The largest absolute Gasteiger partial charge is 0.461 e. The van der Waals surface area contributed by atoms with E-state index in [-0.39, 0.29) is 6.61 Å². The van der Waals surface area contributed by atoms with Crippen LogP contribution < -0.4 is 0 Å². The maximum Gasteiger partial charge on any atom is 0.367 e. The first-order valence-corrected chi connectivity index (χ1v) is 4.72. The van der Waals surface area contributed by atoms with Crippen LogP contribution in [0.2, 0.25) is 0 Å². The molecule has 82 valence electrons. The van der Waals surface area contributed by atoms with Crippen LogP contribution in [0, 0.1) is 11.3 Å². The summed E-state index contributed by atoms with van der Waals surface area (Å²) in [4.78, 5) is 11.0. The lowest BCUT2D eigenvalue weighted by atomic mass is 10.1. The van der Waals surface area contributed by atoms with Gasteiger partial charge in [0.25, 0.3) is 0 Å². The van der Waals surface area contributed by atoms with Crippen molar-refractivity contribution >= 4 is 12.0 Å². The fourth-order valence-corrected chi connectivity index (χ4v) is 1.10. The first kappa shape index (κ1) is 11.9. The van der Waals surface area contributed by atoms with Gasteiger partial charge in [-0.1, -0.05) is 12.1 Å². The molecule has 0 saturated carbocycles. The van der Waals surface area contributed by atoms with Gasteiger partial charge in [0.05, 0.1) is 18.2 Å². The van der Waals surface area contributed by atoms with Crippen LogP contribution in [0.3, 0.4) is 0 Å². The molecule has 0 aromatic heterocycles. The second-order valence-electron chi connectivity index (χ2n) is 2.95. The molecule has 0 atom stereocenters. The molecule has 1 aromatic rings. The second-order valence-corrected chi connectivity index (χ2v) is 2.95. The van der Waals surface area contributed by atoms with E-state index < -0.39 is 11.8 Å². The molecule has 0 aliphatic rings. The maximum atomic E-state index is 13.2. The first-order chi connectivity index (χ1) is 7.67. The van der Waals surface area contributed by atoms with E-state index in [0.717, 1.165) is 6.08 Å². The third kappa shape index (κ3) is 3.21. The van der Waals surface area contributed by atoms with Gasteiger partial charge >= 0.3 is 5.97 Å². The lowest BCUT2D eigenvalue weighted by molar-refractivity contribution is -0.140. The molecule has 0 N–H and O–H groups in total. The Morgan fingerprint density at radius 2 is 2.38 bits per heavy atom. The van der Waals surface area contributed by atoms with Gasteiger partial charge in [-0.15, -0.1) is 0 Å². The van der Waals surface area contributed by atoms with Crippen molar-refractivity contribution in [1.82, 2.24) is 0 Å². The van der Waals surface area contributed by atoms with Gasteiger partial charge < -0.3 is 4.74 Å². The average molecular weight is 219 g/mol. The number of hydrogen-bond donors (Lipinski definition) is 0. The molecular weight excluding hydrogens is 209 g/mol. The highest BCUT2D eigenvalue weighted by Gasteiger charge is 2.09. The van der Waals surface area contributed by atoms with Crippen molar-refractivity contribution in [1.29, 1.82) is 5.26 Å². The Morgan fingerprint density at radius 1 is 1.62 bits per heavy atom. The highest BCUT2D eigenvalue weighted by molar-refractivity contribution is 5.91. The van der Waals surface area contributed by atoms with Crippen molar-refractivity contribution in [2.75, 3.05) is 6.61 Å². The van der Waals surface area contributed by atoms with E-state index in [1.54, 1.807) is 25.1 Å². The minimum Gasteiger partial charge on any atom is -0.461 e. The number of benzene rings is 1. The summed E-state index contributed by atoms with van der Waals surface area (Å²) >= 11 is 0. The maximum absolute atomic E-state index is 13.2. The fourth-order valence-electron chi connectivity index (χ4n) is 1.10. The summed E-state index contributed by atoms with van der Waals surface area (Å²) in [5.41, 5.74) is 0.856. The van der Waals surface area contributed by atoms with E-state index >= 15 is 0 Å². The number of nitriles is 1. The van der Waals surface area contributed by atoms with E-state index in [1.807, 2.05) is 6.07 Å². The highest BCUT2D eigenvalue weighted by atomic mass is 19.1. The number of nitrogens with zero attached hydrogens (tertiary/aromatic N) is 1. The predicted molar refractivity (Wildman–Crippen MR) is 56.9 cm³/mol. The summed E-state index contributed by atoms with van der Waals surface area (Å²) in [5.74, 6) is -1.97. The number of hydrogen-bond acceptors (Lipinski definition) is 3. The van der Waals surface area contributed by atoms with Gasteiger partial charge in [0.1, 0.15) is 0 Å². The third-order valence-electron chi connectivity index (χ3n) is 1.78. The number of carbonyl (C=O) groups excluding carboxylic acids is 1. The number of ether oxygens (including phenoxy) is 1. The topological polar surface area (TPSA) is 50.1 Å². The number of rotatable bonds is 3. The molecule has 0 unspecified atom stereocenters. The Bertz CT molecular complexity index is 460. The normalized spacial score (nSPS) is 10.7. The van der Waals surface area contributed by atoms with Crippen LogP contribution in [0.1, 0.15) is 18.1 Å². The Morgan fingerprint density at radius 3 is 3.00 bits per heavy atom. The molecule has 0 saturated heterocycles. The van der Waals surface area contributed by atoms with E-state index in [4.69, 9.17) is 5.26 Å². The van der Waals surface area contributed by atoms with E-state index in [9.17, 15) is 9.18 Å². The van der Waals surface area contributed by atoms with Gasteiger partial charge in [0.15, 0.2) is 0 Å². The lowest BCUT2D eigenvalue weighted by Crippen LogP contribution is -2.03. The number of carbonyl (C=O) groups is 1. The number of esters is 1. The molecule has 0 aliphatic carbocycles. The van der Waals surface area contributed by atoms with E-state index in [0.29, 0.717) is 11.1 Å². The van der Waals surface area contributed by atoms with Gasteiger partial charge in [0.2, 0.25) is 5.83 Å². The average Bonchev–Trinajstić information content (AvgIpc) is 2.29. The molecule has 0 radical (unpaired) electrons. The van der Waals surface area contributed by atoms with Crippen LogP contribution in [0.5, 0.6) is 0 Å². The van der Waals surface area contributed by atoms with Crippen LogP contribution in [0.15, 0.2) is 30.1 Å². The molecule has 0 fully saturated rings. The van der Waals surface area contributed by atoms with Crippen molar-refractivity contribution in [3.8, 4) is 6.07 Å². The van der Waals surface area contributed by atoms with Crippen molar-refractivity contribution in [2.24, 2.45) is 0 Å². The van der Waals surface area contributed by atoms with Crippen LogP contribution in [-0.2, 0) is 9.53 Å². The van der Waals surface area contributed by atoms with Crippen LogP contribution >= 0.6 is 0 Å². The lowest BCUT2D eigenvalue weighted by Gasteiger charge is -1.98. The molecule has 0 heterocycles. The molecule has 0 bridgehead atoms. The Kier molecular flexibility index (Phi) is 4.22. The van der Waals surface area contributed by atoms with Crippen molar-refractivity contribution in [3.63, 3.8) is 0 Å². The fraction of sp³-hybridized carbons (Fsp3) is 0.167. The van der Waals surface area contributed by atoms with Crippen LogP contribution in [0.4, 0.5) is 4.39 Å². The highest BCUT2D eigenvalue weighted by Crippen LogP contribution is 2.11. The van der Waals surface area contributed by atoms with E-state index in [2.05, 4.69) is 4.74 Å². The molecule has 0 amide bonds. The molecule has 1 aromatic carbocycles. The van der Waals surface area contributed by atoms with Gasteiger partial charge in [-0.3, -0.25) is 0 Å². The zero-order chi connectivity index (χ0) is 12.0. The standard InChI is InChI=1S/C12H10FNO2/c1-2-16-12(15)11(13)7-9-4-3-5-10(6-9)8-14/h3-7H,2H2,1H3/b11-7+. The van der Waals surface area contributed by atoms with E-state index in [1.165, 1.54) is 6.07 Å². The van der Waals surface area contributed by atoms with Crippen molar-refractivity contribution in [3.05, 3.63) is 41.2 Å². The predicted octanol–water partition coefficient (Wildman–Crippen LogP) is 2.43. The van der Waals surface area contributed by atoms with Crippen LogP contribution in [-0.4, -0.2) is 12.6 Å². The molecule has 0 spiro atoms. The summed E-state index contributed by atoms with van der Waals surface area (Å²) in [7, 11) is 0. The molecule has 16 heavy (non-hydrogen) atoms. The van der Waals surface area contributed by atoms with Gasteiger partial charge in [-0.05, 0) is 30.7 Å². The SMILES string of the molecule is CCOC(=O)/C(F)=C\c1cccc(C#N)c1. The Hall–Kier alpha value is -2.15.